The molecule has 5 heteroatoms. The molecule has 1 aromatic rings. The fourth-order valence-corrected chi connectivity index (χ4v) is 2.41. The van der Waals surface area contributed by atoms with E-state index < -0.39 is 18.2 Å². The van der Waals surface area contributed by atoms with Gasteiger partial charge < -0.3 is 5.11 Å². The molecule has 1 aliphatic rings. The van der Waals surface area contributed by atoms with Crippen molar-refractivity contribution < 1.29 is 23.1 Å². The number of alkyl halides is 3. The van der Waals surface area contributed by atoms with Gasteiger partial charge in [-0.3, -0.25) is 4.79 Å². The summed E-state index contributed by atoms with van der Waals surface area (Å²) in [6.07, 6.45) is -2.84. The Kier molecular flexibility index (Phi) is 3.99. The molecule has 108 valence electrons. The molecule has 0 fully saturated rings. The summed E-state index contributed by atoms with van der Waals surface area (Å²) < 4.78 is 39.8. The SMILES string of the molecule is O=C1C=C(C[C@@](O)(c2ccccc2)C(F)(F)F)CCC1. The van der Waals surface area contributed by atoms with Crippen molar-refractivity contribution in [3.63, 3.8) is 0 Å². The number of rotatable bonds is 3. The van der Waals surface area contributed by atoms with Gasteiger partial charge in [-0.15, -0.1) is 0 Å². The van der Waals surface area contributed by atoms with Crippen molar-refractivity contribution in [2.24, 2.45) is 0 Å². The fraction of sp³-hybridized carbons (Fsp3) is 0.400. The molecule has 2 nitrogen and oxygen atoms in total. The van der Waals surface area contributed by atoms with Crippen molar-refractivity contribution in [1.29, 1.82) is 0 Å². The summed E-state index contributed by atoms with van der Waals surface area (Å²) in [5.41, 5.74) is -2.80. The third-order valence-corrected chi connectivity index (χ3v) is 3.49. The molecule has 0 aliphatic heterocycles. The normalized spacial score (nSPS) is 19.4. The first-order valence-corrected chi connectivity index (χ1v) is 6.40. The maximum atomic E-state index is 13.3. The van der Waals surface area contributed by atoms with Crippen LogP contribution in [0.4, 0.5) is 13.2 Å². The summed E-state index contributed by atoms with van der Waals surface area (Å²) >= 11 is 0. The average molecular weight is 284 g/mol. The van der Waals surface area contributed by atoms with Gasteiger partial charge in [0, 0.05) is 12.8 Å². The number of allylic oxidation sites excluding steroid dienone is 1. The molecular formula is C15H15F3O2. The van der Waals surface area contributed by atoms with Crippen LogP contribution in [0.5, 0.6) is 0 Å². The lowest BCUT2D eigenvalue weighted by atomic mass is 9.83. The Labute approximate surface area is 114 Å². The van der Waals surface area contributed by atoms with Crippen molar-refractivity contribution in [2.45, 2.75) is 37.5 Å². The standard InChI is InChI=1S/C15H15F3O2/c16-15(17,18)14(20,12-6-2-1-3-7-12)10-11-5-4-8-13(19)9-11/h1-3,6-7,9,20H,4-5,8,10H2/t14-/m1/s1. The van der Waals surface area contributed by atoms with Gasteiger partial charge in [0.2, 0.25) is 0 Å². The van der Waals surface area contributed by atoms with Crippen LogP contribution in [0.2, 0.25) is 0 Å². The Morgan fingerprint density at radius 3 is 2.30 bits per heavy atom. The van der Waals surface area contributed by atoms with Crippen LogP contribution in [-0.4, -0.2) is 17.1 Å². The van der Waals surface area contributed by atoms with Crippen LogP contribution >= 0.6 is 0 Å². The minimum atomic E-state index is -4.80. The van der Waals surface area contributed by atoms with Gasteiger partial charge in [0.1, 0.15) is 0 Å². The Morgan fingerprint density at radius 1 is 1.10 bits per heavy atom. The minimum Gasteiger partial charge on any atom is -0.376 e. The molecule has 1 aliphatic carbocycles. The Hall–Kier alpha value is -1.62. The number of benzene rings is 1. The van der Waals surface area contributed by atoms with E-state index in [-0.39, 0.29) is 11.3 Å². The molecule has 1 N–H and O–H groups in total. The largest absolute Gasteiger partial charge is 0.421 e. The first-order chi connectivity index (χ1) is 9.33. The highest BCUT2D eigenvalue weighted by molar-refractivity contribution is 5.91. The van der Waals surface area contributed by atoms with Crippen molar-refractivity contribution >= 4 is 5.78 Å². The van der Waals surface area contributed by atoms with E-state index in [1.807, 2.05) is 0 Å². The first kappa shape index (κ1) is 14.8. The monoisotopic (exact) mass is 284 g/mol. The first-order valence-electron chi connectivity index (χ1n) is 6.40. The maximum Gasteiger partial charge on any atom is 0.421 e. The molecule has 0 bridgehead atoms. The molecule has 0 amide bonds. The van der Waals surface area contributed by atoms with Gasteiger partial charge in [0.25, 0.3) is 0 Å². The number of carbonyl (C=O) groups excluding carboxylic acids is 1. The van der Waals surface area contributed by atoms with Gasteiger partial charge in [-0.2, -0.15) is 13.2 Å². The van der Waals surface area contributed by atoms with Gasteiger partial charge in [-0.25, -0.2) is 0 Å². The summed E-state index contributed by atoms with van der Waals surface area (Å²) in [4.78, 5) is 11.3. The lowest BCUT2D eigenvalue weighted by Gasteiger charge is -2.32. The predicted octanol–water partition coefficient (Wildman–Crippen LogP) is 3.51. The molecule has 0 unspecified atom stereocenters. The quantitative estimate of drug-likeness (QED) is 0.922. The van der Waals surface area contributed by atoms with Gasteiger partial charge in [0.15, 0.2) is 11.4 Å². The third-order valence-electron chi connectivity index (χ3n) is 3.49. The lowest BCUT2D eigenvalue weighted by Crippen LogP contribution is -2.42. The Bertz CT molecular complexity index is 520. The van der Waals surface area contributed by atoms with Crippen molar-refractivity contribution in [1.82, 2.24) is 0 Å². The van der Waals surface area contributed by atoms with Crippen molar-refractivity contribution in [3.8, 4) is 0 Å². The Morgan fingerprint density at radius 2 is 1.75 bits per heavy atom. The summed E-state index contributed by atoms with van der Waals surface area (Å²) in [7, 11) is 0. The zero-order valence-corrected chi connectivity index (χ0v) is 10.8. The molecule has 20 heavy (non-hydrogen) atoms. The number of ketones is 1. The van der Waals surface area contributed by atoms with Crippen molar-refractivity contribution in [2.75, 3.05) is 0 Å². The van der Waals surface area contributed by atoms with Gasteiger partial charge in [-0.1, -0.05) is 35.9 Å². The molecule has 0 heterocycles. The third kappa shape index (κ3) is 2.93. The molecule has 0 saturated heterocycles. The molecule has 1 atom stereocenters. The number of carbonyl (C=O) groups is 1. The second-order valence-corrected chi connectivity index (χ2v) is 5.02. The van der Waals surface area contributed by atoms with Crippen LogP contribution in [0.1, 0.15) is 31.2 Å². The molecule has 0 saturated carbocycles. The van der Waals surface area contributed by atoms with E-state index in [1.54, 1.807) is 6.07 Å². The summed E-state index contributed by atoms with van der Waals surface area (Å²) in [6.45, 7) is 0. The van der Waals surface area contributed by atoms with Gasteiger partial charge in [-0.05, 0) is 24.5 Å². The number of hydrogen-bond acceptors (Lipinski definition) is 2. The van der Waals surface area contributed by atoms with E-state index in [9.17, 15) is 23.1 Å². The van der Waals surface area contributed by atoms with Crippen molar-refractivity contribution in [3.05, 3.63) is 47.5 Å². The second-order valence-electron chi connectivity index (χ2n) is 5.02. The fourth-order valence-electron chi connectivity index (χ4n) is 2.41. The highest BCUT2D eigenvalue weighted by Crippen LogP contribution is 2.44. The minimum absolute atomic E-state index is 0.177. The maximum absolute atomic E-state index is 13.3. The summed E-state index contributed by atoms with van der Waals surface area (Å²) in [6, 6.07) is 6.99. The highest BCUT2D eigenvalue weighted by Gasteiger charge is 2.55. The molecule has 2 rings (SSSR count). The van der Waals surface area contributed by atoms with E-state index in [1.165, 1.54) is 30.3 Å². The lowest BCUT2D eigenvalue weighted by molar-refractivity contribution is -0.266. The van der Waals surface area contributed by atoms with E-state index in [0.717, 1.165) is 0 Å². The number of halogens is 3. The second kappa shape index (κ2) is 5.40. The number of aliphatic hydroxyl groups is 1. The van der Waals surface area contributed by atoms with Gasteiger partial charge in [0.05, 0.1) is 0 Å². The van der Waals surface area contributed by atoms with Crippen LogP contribution in [0, 0.1) is 0 Å². The van der Waals surface area contributed by atoms with Crippen LogP contribution in [0.3, 0.4) is 0 Å². The molecular weight excluding hydrogens is 269 g/mol. The highest BCUT2D eigenvalue weighted by atomic mass is 19.4. The van der Waals surface area contributed by atoms with E-state index in [0.29, 0.717) is 24.8 Å². The van der Waals surface area contributed by atoms with Gasteiger partial charge >= 0.3 is 6.18 Å². The molecule has 0 aromatic heterocycles. The Balaban J connectivity index is 2.36. The summed E-state index contributed by atoms with van der Waals surface area (Å²) in [5.74, 6) is -0.177. The zero-order chi connectivity index (χ0) is 14.8. The van der Waals surface area contributed by atoms with Crippen LogP contribution in [0.25, 0.3) is 0 Å². The molecule has 0 spiro atoms. The summed E-state index contributed by atoms with van der Waals surface area (Å²) in [5, 5.41) is 10.2. The van der Waals surface area contributed by atoms with Crippen LogP contribution < -0.4 is 0 Å². The molecule has 0 radical (unpaired) electrons. The van der Waals surface area contributed by atoms with E-state index in [2.05, 4.69) is 0 Å². The average Bonchev–Trinajstić information content (AvgIpc) is 2.38. The predicted molar refractivity (Wildman–Crippen MR) is 68.0 cm³/mol. The topological polar surface area (TPSA) is 37.3 Å². The van der Waals surface area contributed by atoms with Crippen LogP contribution in [-0.2, 0) is 10.4 Å². The van der Waals surface area contributed by atoms with Crippen LogP contribution in [0.15, 0.2) is 42.0 Å². The number of hydrogen-bond donors (Lipinski definition) is 1. The van der Waals surface area contributed by atoms with E-state index >= 15 is 0 Å². The zero-order valence-electron chi connectivity index (χ0n) is 10.8. The smallest absolute Gasteiger partial charge is 0.376 e. The van der Waals surface area contributed by atoms with E-state index in [4.69, 9.17) is 0 Å². The molecule has 1 aromatic carbocycles.